The van der Waals surface area contributed by atoms with Crippen LogP contribution in [0.5, 0.6) is 0 Å². The number of carboxylic acid groups (broad SMARTS) is 1. The molecule has 6 nitrogen and oxygen atoms in total. The molecule has 1 fully saturated rings. The van der Waals surface area contributed by atoms with Gasteiger partial charge in [-0.2, -0.15) is 13.2 Å². The minimum Gasteiger partial charge on any atom is -0.475 e. The number of benzene rings is 1. The molecule has 2 atom stereocenters. The molecule has 1 aliphatic rings. The molecule has 2 aromatic rings. The molecule has 9 heteroatoms. The number of aliphatic carboxylic acids is 1. The summed E-state index contributed by atoms with van der Waals surface area (Å²) in [6, 6.07) is 10.6. The Morgan fingerprint density at radius 1 is 1.28 bits per heavy atom. The van der Waals surface area contributed by atoms with E-state index in [9.17, 15) is 13.2 Å². The highest BCUT2D eigenvalue weighted by Crippen LogP contribution is 2.26. The minimum atomic E-state index is -5.08. The van der Waals surface area contributed by atoms with Gasteiger partial charge in [0.15, 0.2) is 0 Å². The number of nitrogens with zero attached hydrogens (tertiary/aromatic N) is 3. The third kappa shape index (κ3) is 7.01. The van der Waals surface area contributed by atoms with Gasteiger partial charge in [0.2, 0.25) is 5.95 Å². The van der Waals surface area contributed by atoms with Gasteiger partial charge < -0.3 is 14.7 Å². The van der Waals surface area contributed by atoms with Crippen LogP contribution in [0.4, 0.5) is 19.1 Å². The molecule has 29 heavy (non-hydrogen) atoms. The highest BCUT2D eigenvalue weighted by molar-refractivity contribution is 5.73. The number of hydrogen-bond acceptors (Lipinski definition) is 5. The molecule has 1 aromatic heterocycles. The molecular formula is C20H24F3N3O3. The van der Waals surface area contributed by atoms with Crippen LogP contribution in [0.1, 0.15) is 17.5 Å². The van der Waals surface area contributed by atoms with Gasteiger partial charge in [0.25, 0.3) is 0 Å². The zero-order valence-corrected chi connectivity index (χ0v) is 16.3. The van der Waals surface area contributed by atoms with Gasteiger partial charge >= 0.3 is 12.1 Å². The lowest BCUT2D eigenvalue weighted by Crippen LogP contribution is -2.45. The summed E-state index contributed by atoms with van der Waals surface area (Å²) in [6.07, 6.45) is 0.885. The van der Waals surface area contributed by atoms with Crippen molar-refractivity contribution in [2.24, 2.45) is 5.92 Å². The van der Waals surface area contributed by atoms with Crippen molar-refractivity contribution >= 4 is 11.9 Å². The first-order valence-electron chi connectivity index (χ1n) is 9.11. The number of hydrogen-bond donors (Lipinski definition) is 1. The number of piperidine rings is 1. The highest BCUT2D eigenvalue weighted by Gasteiger charge is 2.38. The van der Waals surface area contributed by atoms with Crippen LogP contribution < -0.4 is 4.90 Å². The van der Waals surface area contributed by atoms with Crippen molar-refractivity contribution in [2.45, 2.75) is 32.0 Å². The van der Waals surface area contributed by atoms with E-state index in [2.05, 4.69) is 46.1 Å². The maximum absolute atomic E-state index is 10.6. The second kappa shape index (κ2) is 10.2. The first-order valence-corrected chi connectivity index (χ1v) is 9.11. The van der Waals surface area contributed by atoms with E-state index >= 15 is 0 Å². The van der Waals surface area contributed by atoms with Crippen LogP contribution in [-0.2, 0) is 16.0 Å². The van der Waals surface area contributed by atoms with E-state index in [1.807, 2.05) is 13.2 Å². The van der Waals surface area contributed by atoms with E-state index in [-0.39, 0.29) is 0 Å². The van der Waals surface area contributed by atoms with Crippen molar-refractivity contribution in [1.82, 2.24) is 9.97 Å². The fraction of sp³-hybridized carbons (Fsp3) is 0.450. The summed E-state index contributed by atoms with van der Waals surface area (Å²) < 4.78 is 37.5. The lowest BCUT2D eigenvalue weighted by Gasteiger charge is -2.38. The van der Waals surface area contributed by atoms with Gasteiger partial charge in [0.05, 0.1) is 6.10 Å². The molecule has 1 saturated heterocycles. The second-order valence-corrected chi connectivity index (χ2v) is 6.81. The first kappa shape index (κ1) is 22.6. The number of aryl methyl sites for hydroxylation is 1. The molecule has 2 heterocycles. The number of ether oxygens (including phenoxy) is 1. The molecular weight excluding hydrogens is 387 g/mol. The van der Waals surface area contributed by atoms with Crippen molar-refractivity contribution in [3.8, 4) is 0 Å². The third-order valence-corrected chi connectivity index (χ3v) is 4.62. The van der Waals surface area contributed by atoms with Crippen LogP contribution in [0.2, 0.25) is 0 Å². The van der Waals surface area contributed by atoms with E-state index in [0.717, 1.165) is 31.9 Å². The number of anilines is 1. The van der Waals surface area contributed by atoms with Crippen molar-refractivity contribution in [1.29, 1.82) is 0 Å². The zero-order valence-electron chi connectivity index (χ0n) is 16.3. The Morgan fingerprint density at radius 3 is 2.48 bits per heavy atom. The lowest BCUT2D eigenvalue weighted by molar-refractivity contribution is -0.192. The summed E-state index contributed by atoms with van der Waals surface area (Å²) in [7, 11) is 1.82. The van der Waals surface area contributed by atoms with Crippen LogP contribution >= 0.6 is 0 Å². The van der Waals surface area contributed by atoms with Gasteiger partial charge in [-0.1, -0.05) is 29.8 Å². The fourth-order valence-corrected chi connectivity index (χ4v) is 3.30. The molecule has 1 aromatic carbocycles. The average molecular weight is 411 g/mol. The summed E-state index contributed by atoms with van der Waals surface area (Å²) in [5, 5.41) is 7.12. The van der Waals surface area contributed by atoms with E-state index in [0.29, 0.717) is 12.0 Å². The standard InChI is InChI=1S/C18H23N3O.C2HF3O2/c1-14-5-3-6-15(11-14)12-16-13-21(10-7-17(16)22-2)18-19-8-4-9-20-18;3-2(4,5)1(6)7/h3-6,8-9,11,16-17H,7,10,12-13H2,1-2H3;(H,6,7)/t16-,17+;/m0./s1. The Bertz CT molecular complexity index is 787. The van der Waals surface area contributed by atoms with Gasteiger partial charge in [-0.25, -0.2) is 14.8 Å². The maximum Gasteiger partial charge on any atom is 0.490 e. The Balaban J connectivity index is 0.000000370. The monoisotopic (exact) mass is 411 g/mol. The van der Waals surface area contributed by atoms with Crippen molar-refractivity contribution < 1.29 is 27.8 Å². The summed E-state index contributed by atoms with van der Waals surface area (Å²) in [4.78, 5) is 19.9. The molecule has 0 radical (unpaired) electrons. The maximum atomic E-state index is 10.6. The van der Waals surface area contributed by atoms with Crippen molar-refractivity contribution in [3.05, 3.63) is 53.9 Å². The first-order chi connectivity index (χ1) is 13.7. The largest absolute Gasteiger partial charge is 0.490 e. The van der Waals surface area contributed by atoms with E-state index < -0.39 is 12.1 Å². The number of rotatable bonds is 4. The van der Waals surface area contributed by atoms with E-state index in [4.69, 9.17) is 14.6 Å². The fourth-order valence-electron chi connectivity index (χ4n) is 3.30. The number of carboxylic acids is 1. The summed E-state index contributed by atoms with van der Waals surface area (Å²) >= 11 is 0. The van der Waals surface area contributed by atoms with E-state index in [1.54, 1.807) is 12.4 Å². The summed E-state index contributed by atoms with van der Waals surface area (Å²) in [5.74, 6) is -1.47. The van der Waals surface area contributed by atoms with Crippen LogP contribution in [0, 0.1) is 12.8 Å². The normalized spacial score (nSPS) is 19.3. The number of alkyl halides is 3. The molecule has 1 N–H and O–H groups in total. The Hall–Kier alpha value is -2.68. The molecule has 0 saturated carbocycles. The minimum absolute atomic E-state index is 0.306. The SMILES string of the molecule is CO[C@@H]1CCN(c2ncccn2)C[C@@H]1Cc1cccc(C)c1.O=C(O)C(F)(F)F. The Morgan fingerprint density at radius 2 is 1.93 bits per heavy atom. The van der Waals surface area contributed by atoms with Crippen molar-refractivity contribution in [2.75, 3.05) is 25.1 Å². The highest BCUT2D eigenvalue weighted by atomic mass is 19.4. The predicted molar refractivity (Wildman–Crippen MR) is 102 cm³/mol. The number of carbonyl (C=O) groups is 1. The number of halogens is 3. The number of aromatic nitrogens is 2. The molecule has 0 unspecified atom stereocenters. The van der Waals surface area contributed by atoms with Crippen LogP contribution in [0.3, 0.4) is 0 Å². The molecule has 0 spiro atoms. The van der Waals surface area contributed by atoms with Gasteiger partial charge in [0.1, 0.15) is 0 Å². The van der Waals surface area contributed by atoms with Gasteiger partial charge in [-0.15, -0.1) is 0 Å². The van der Waals surface area contributed by atoms with Crippen LogP contribution in [0.15, 0.2) is 42.7 Å². The summed E-state index contributed by atoms with van der Waals surface area (Å²) in [6.45, 7) is 4.03. The third-order valence-electron chi connectivity index (χ3n) is 4.62. The van der Waals surface area contributed by atoms with Crippen molar-refractivity contribution in [3.63, 3.8) is 0 Å². The Labute approximate surface area is 167 Å². The molecule has 158 valence electrons. The molecule has 0 aliphatic carbocycles. The smallest absolute Gasteiger partial charge is 0.475 e. The van der Waals surface area contributed by atoms with Crippen LogP contribution in [0.25, 0.3) is 0 Å². The van der Waals surface area contributed by atoms with E-state index in [1.165, 1.54) is 11.1 Å². The number of methoxy groups -OCH3 is 1. The molecule has 0 bridgehead atoms. The molecule has 1 aliphatic heterocycles. The summed E-state index contributed by atoms with van der Waals surface area (Å²) in [5.41, 5.74) is 2.69. The van der Waals surface area contributed by atoms with Gasteiger partial charge in [0, 0.05) is 38.5 Å². The quantitative estimate of drug-likeness (QED) is 0.830. The lowest BCUT2D eigenvalue weighted by atomic mass is 9.88. The second-order valence-electron chi connectivity index (χ2n) is 6.81. The van der Waals surface area contributed by atoms with Crippen LogP contribution in [-0.4, -0.2) is 53.5 Å². The Kier molecular flexibility index (Phi) is 7.95. The average Bonchev–Trinajstić information content (AvgIpc) is 2.68. The zero-order chi connectivity index (χ0) is 21.4. The topological polar surface area (TPSA) is 75.5 Å². The molecule has 0 amide bonds. The predicted octanol–water partition coefficient (Wildman–Crippen LogP) is 3.50. The van der Waals surface area contributed by atoms with Gasteiger partial charge in [-0.05, 0) is 31.4 Å². The van der Waals surface area contributed by atoms with Gasteiger partial charge in [-0.3, -0.25) is 0 Å². The molecule has 3 rings (SSSR count).